The van der Waals surface area contributed by atoms with Crippen molar-refractivity contribution in [3.63, 3.8) is 0 Å². The molecule has 202 valence electrons. The Balaban J connectivity index is 0.00000361. The van der Waals surface area contributed by atoms with E-state index in [4.69, 9.17) is 0 Å². The Hall–Kier alpha value is -0.930. The standard InChI is InChI=1S/C27H42N4O2S2.ClH/c32-26(28-15-21-11-13-31(14-12-21)16-22-7-3-1-4-8-22)25(30-27(33)24-18-35-20-29-24)19-34-17-23-9-5-2-6-10-23;/h1,3-4,7-8,21,23-25,29H,2,5-6,9-20H2,(H,28,32)(H,30,33);1H/t24-,25-;/m0./s1. The lowest BCUT2D eigenvalue weighted by Crippen LogP contribution is -2.54. The monoisotopic (exact) mass is 554 g/mol. The average molecular weight is 555 g/mol. The summed E-state index contributed by atoms with van der Waals surface area (Å²) in [7, 11) is 0. The molecule has 6 nitrogen and oxygen atoms in total. The number of nitrogens with zero attached hydrogens (tertiary/aromatic N) is 1. The van der Waals surface area contributed by atoms with Gasteiger partial charge >= 0.3 is 0 Å². The number of carbonyl (C=O) groups is 2. The van der Waals surface area contributed by atoms with E-state index in [1.807, 2.05) is 11.8 Å². The lowest BCUT2D eigenvalue weighted by molar-refractivity contribution is -0.129. The summed E-state index contributed by atoms with van der Waals surface area (Å²) < 4.78 is 0. The molecule has 0 unspecified atom stereocenters. The van der Waals surface area contributed by atoms with Crippen LogP contribution in [0.5, 0.6) is 0 Å². The SMILES string of the molecule is Cl.O=C(N[C@@H](CSCC1CCCCC1)C(=O)NCC1CCN(Cc2ccccc2)CC1)[C@@H]1CSCN1. The number of amides is 2. The Kier molecular flexibility index (Phi) is 13.3. The summed E-state index contributed by atoms with van der Waals surface area (Å²) in [5, 5.41) is 9.47. The van der Waals surface area contributed by atoms with Crippen LogP contribution in [0.3, 0.4) is 0 Å². The highest BCUT2D eigenvalue weighted by Crippen LogP contribution is 2.27. The van der Waals surface area contributed by atoms with E-state index in [1.165, 1.54) is 37.7 Å². The molecule has 1 saturated carbocycles. The van der Waals surface area contributed by atoms with Gasteiger partial charge in [0, 0.05) is 30.5 Å². The minimum absolute atomic E-state index is 0. The highest BCUT2D eigenvalue weighted by atomic mass is 35.5. The Labute approximate surface area is 231 Å². The summed E-state index contributed by atoms with van der Waals surface area (Å²) in [5.74, 6) is 4.54. The van der Waals surface area contributed by atoms with Gasteiger partial charge in [0.2, 0.25) is 11.8 Å². The van der Waals surface area contributed by atoms with Gasteiger partial charge in [-0.25, -0.2) is 0 Å². The second kappa shape index (κ2) is 16.1. The van der Waals surface area contributed by atoms with Gasteiger partial charge in [-0.15, -0.1) is 24.2 Å². The highest BCUT2D eigenvalue weighted by molar-refractivity contribution is 7.99. The highest BCUT2D eigenvalue weighted by Gasteiger charge is 2.29. The molecule has 0 bridgehead atoms. The number of hydrogen-bond donors (Lipinski definition) is 3. The summed E-state index contributed by atoms with van der Waals surface area (Å²) in [5.41, 5.74) is 1.36. The molecule has 2 heterocycles. The lowest BCUT2D eigenvalue weighted by atomic mass is 9.91. The van der Waals surface area contributed by atoms with Crippen molar-refractivity contribution >= 4 is 47.7 Å². The van der Waals surface area contributed by atoms with Gasteiger partial charge in [0.1, 0.15) is 6.04 Å². The summed E-state index contributed by atoms with van der Waals surface area (Å²) >= 11 is 3.57. The maximum atomic E-state index is 13.1. The van der Waals surface area contributed by atoms with E-state index in [-0.39, 0.29) is 30.3 Å². The van der Waals surface area contributed by atoms with Gasteiger partial charge in [-0.05, 0) is 61.9 Å². The predicted molar refractivity (Wildman–Crippen MR) is 155 cm³/mol. The van der Waals surface area contributed by atoms with Gasteiger partial charge in [0.05, 0.1) is 6.04 Å². The Bertz CT molecular complexity index is 783. The summed E-state index contributed by atoms with van der Waals surface area (Å²) in [6.07, 6.45) is 8.85. The van der Waals surface area contributed by atoms with Crippen LogP contribution in [0.15, 0.2) is 30.3 Å². The molecular formula is C27H43ClN4O2S2. The molecule has 3 aliphatic rings. The number of likely N-dealkylation sites (tertiary alicyclic amines) is 1. The molecule has 1 aliphatic carbocycles. The van der Waals surface area contributed by atoms with Crippen LogP contribution in [-0.2, 0) is 16.1 Å². The predicted octanol–water partition coefficient (Wildman–Crippen LogP) is 3.90. The Morgan fingerprint density at radius 2 is 1.81 bits per heavy atom. The molecule has 3 fully saturated rings. The van der Waals surface area contributed by atoms with Gasteiger partial charge in [-0.2, -0.15) is 11.8 Å². The fourth-order valence-corrected chi connectivity index (χ4v) is 7.50. The van der Waals surface area contributed by atoms with Crippen LogP contribution in [0.2, 0.25) is 0 Å². The van der Waals surface area contributed by atoms with Crippen LogP contribution < -0.4 is 16.0 Å². The molecule has 0 spiro atoms. The fourth-order valence-electron chi connectivity index (χ4n) is 5.28. The number of carbonyl (C=O) groups excluding carboxylic acids is 2. The minimum Gasteiger partial charge on any atom is -0.354 e. The number of nitrogens with one attached hydrogen (secondary N) is 3. The van der Waals surface area contributed by atoms with Crippen LogP contribution >= 0.6 is 35.9 Å². The largest absolute Gasteiger partial charge is 0.354 e. The van der Waals surface area contributed by atoms with Gasteiger partial charge in [-0.1, -0.05) is 49.6 Å². The minimum atomic E-state index is -0.457. The molecule has 2 atom stereocenters. The third-order valence-corrected chi connectivity index (χ3v) is 9.77. The fraction of sp³-hybridized carbons (Fsp3) is 0.704. The van der Waals surface area contributed by atoms with Crippen LogP contribution in [0.1, 0.15) is 50.5 Å². The molecule has 1 aromatic rings. The van der Waals surface area contributed by atoms with E-state index in [1.54, 1.807) is 11.8 Å². The number of benzene rings is 1. The third kappa shape index (κ3) is 9.75. The maximum Gasteiger partial charge on any atom is 0.243 e. The number of halogens is 1. The number of rotatable bonds is 11. The zero-order valence-electron chi connectivity index (χ0n) is 21.3. The van der Waals surface area contributed by atoms with Crippen molar-refractivity contribution in [2.45, 2.75) is 63.6 Å². The van der Waals surface area contributed by atoms with E-state index >= 15 is 0 Å². The zero-order valence-corrected chi connectivity index (χ0v) is 23.7. The van der Waals surface area contributed by atoms with Crippen molar-refractivity contribution in [3.8, 4) is 0 Å². The van der Waals surface area contributed by atoms with Crippen molar-refractivity contribution < 1.29 is 9.59 Å². The molecule has 2 aliphatic heterocycles. The van der Waals surface area contributed by atoms with E-state index in [0.29, 0.717) is 18.2 Å². The van der Waals surface area contributed by atoms with Gasteiger partial charge in [-0.3, -0.25) is 19.8 Å². The first kappa shape index (κ1) is 29.6. The maximum absolute atomic E-state index is 13.1. The first-order chi connectivity index (χ1) is 17.2. The molecule has 36 heavy (non-hydrogen) atoms. The van der Waals surface area contributed by atoms with Crippen molar-refractivity contribution in [3.05, 3.63) is 35.9 Å². The average Bonchev–Trinajstić information content (AvgIpc) is 3.44. The quantitative estimate of drug-likeness (QED) is 0.385. The normalized spacial score (nSPS) is 22.5. The second-order valence-corrected chi connectivity index (χ2v) is 12.4. The summed E-state index contributed by atoms with van der Waals surface area (Å²) in [4.78, 5) is 28.4. The molecule has 9 heteroatoms. The van der Waals surface area contributed by atoms with Crippen LogP contribution in [-0.4, -0.2) is 71.6 Å². The van der Waals surface area contributed by atoms with Crippen LogP contribution in [0.25, 0.3) is 0 Å². The smallest absolute Gasteiger partial charge is 0.243 e. The molecular weight excluding hydrogens is 512 g/mol. The van der Waals surface area contributed by atoms with E-state index < -0.39 is 6.04 Å². The van der Waals surface area contributed by atoms with Crippen molar-refractivity contribution in [2.75, 3.05) is 42.8 Å². The number of piperidine rings is 1. The van der Waals surface area contributed by atoms with Crippen molar-refractivity contribution in [2.24, 2.45) is 11.8 Å². The first-order valence-electron chi connectivity index (χ1n) is 13.4. The second-order valence-electron chi connectivity index (χ2n) is 10.3. The first-order valence-corrected chi connectivity index (χ1v) is 15.7. The lowest BCUT2D eigenvalue weighted by Gasteiger charge is -2.32. The van der Waals surface area contributed by atoms with Crippen LogP contribution in [0, 0.1) is 11.8 Å². The Morgan fingerprint density at radius 3 is 2.50 bits per heavy atom. The van der Waals surface area contributed by atoms with Crippen molar-refractivity contribution in [1.29, 1.82) is 0 Å². The molecule has 2 saturated heterocycles. The molecule has 0 aromatic heterocycles. The molecule has 4 rings (SSSR count). The van der Waals surface area contributed by atoms with Gasteiger partial charge in [0.15, 0.2) is 0 Å². The van der Waals surface area contributed by atoms with E-state index in [9.17, 15) is 9.59 Å². The number of thioether (sulfide) groups is 2. The topological polar surface area (TPSA) is 73.5 Å². The molecule has 1 aromatic carbocycles. The molecule has 0 radical (unpaired) electrons. The van der Waals surface area contributed by atoms with Crippen molar-refractivity contribution in [1.82, 2.24) is 20.9 Å². The van der Waals surface area contributed by atoms with E-state index in [2.05, 4.69) is 51.2 Å². The third-order valence-electron chi connectivity index (χ3n) is 7.55. The van der Waals surface area contributed by atoms with E-state index in [0.717, 1.165) is 55.8 Å². The van der Waals surface area contributed by atoms with Gasteiger partial charge < -0.3 is 10.6 Å². The Morgan fingerprint density at radius 1 is 1.06 bits per heavy atom. The van der Waals surface area contributed by atoms with Crippen LogP contribution in [0.4, 0.5) is 0 Å². The summed E-state index contributed by atoms with van der Waals surface area (Å²) in [6, 6.07) is 9.99. The molecule has 3 N–H and O–H groups in total. The van der Waals surface area contributed by atoms with Gasteiger partial charge in [0.25, 0.3) is 0 Å². The number of hydrogen-bond acceptors (Lipinski definition) is 6. The zero-order chi connectivity index (χ0) is 24.3. The molecule has 2 amide bonds. The summed E-state index contributed by atoms with van der Waals surface area (Å²) in [6.45, 7) is 3.84.